The summed E-state index contributed by atoms with van der Waals surface area (Å²) in [6.07, 6.45) is -4.15. The summed E-state index contributed by atoms with van der Waals surface area (Å²) in [5.74, 6) is -0.114. The molecule has 1 rings (SSSR count). The summed E-state index contributed by atoms with van der Waals surface area (Å²) in [5.41, 5.74) is -2.53. The molecule has 0 bridgehead atoms. The highest BCUT2D eigenvalue weighted by atomic mass is 32.2. The number of nitrogens with zero attached hydrogens (tertiary/aromatic N) is 2. The Hall–Kier alpha value is -1.38. The van der Waals surface area contributed by atoms with E-state index in [1.165, 1.54) is 0 Å². The zero-order valence-electron chi connectivity index (χ0n) is 10.5. The van der Waals surface area contributed by atoms with Gasteiger partial charge >= 0.3 is 6.18 Å². The lowest BCUT2D eigenvalue weighted by Gasteiger charge is -2.14. The van der Waals surface area contributed by atoms with Crippen molar-refractivity contribution in [1.82, 2.24) is 9.55 Å². The molecule has 1 aromatic rings. The number of aromatic nitrogens is 2. The van der Waals surface area contributed by atoms with Crippen LogP contribution in [0.5, 0.6) is 0 Å². The van der Waals surface area contributed by atoms with Gasteiger partial charge in [-0.3, -0.25) is 9.36 Å². The highest BCUT2D eigenvalue weighted by molar-refractivity contribution is 7.90. The summed E-state index contributed by atoms with van der Waals surface area (Å²) < 4.78 is 61.3. The molecule has 1 aromatic heterocycles. The van der Waals surface area contributed by atoms with E-state index in [-0.39, 0.29) is 12.5 Å². The Balaban J connectivity index is 3.63. The third-order valence-electron chi connectivity index (χ3n) is 2.14. The minimum atomic E-state index is -4.87. The van der Waals surface area contributed by atoms with Gasteiger partial charge < -0.3 is 0 Å². The van der Waals surface area contributed by atoms with Gasteiger partial charge in [-0.05, 0) is 5.92 Å². The lowest BCUT2D eigenvalue weighted by atomic mass is 10.2. The maximum absolute atomic E-state index is 12.5. The Morgan fingerprint density at radius 3 is 2.26 bits per heavy atom. The van der Waals surface area contributed by atoms with E-state index in [0.717, 1.165) is 4.57 Å². The molecule has 0 radical (unpaired) electrons. The Morgan fingerprint density at radius 2 is 1.89 bits per heavy atom. The number of halogens is 3. The lowest BCUT2D eigenvalue weighted by Crippen LogP contribution is -2.30. The maximum atomic E-state index is 12.5. The van der Waals surface area contributed by atoms with Crippen LogP contribution in [0.15, 0.2) is 16.0 Å². The summed E-state index contributed by atoms with van der Waals surface area (Å²) in [4.78, 5) is 14.7. The number of alkyl halides is 3. The van der Waals surface area contributed by atoms with Crippen molar-refractivity contribution in [2.24, 2.45) is 5.92 Å². The molecule has 1 heterocycles. The average Bonchev–Trinajstić information content (AvgIpc) is 2.16. The van der Waals surface area contributed by atoms with Crippen molar-refractivity contribution in [2.45, 2.75) is 31.7 Å². The van der Waals surface area contributed by atoms with Crippen LogP contribution in [-0.4, -0.2) is 24.2 Å². The zero-order valence-corrected chi connectivity index (χ0v) is 11.3. The highest BCUT2D eigenvalue weighted by Gasteiger charge is 2.35. The van der Waals surface area contributed by atoms with Crippen LogP contribution in [0.2, 0.25) is 0 Å². The van der Waals surface area contributed by atoms with Crippen LogP contribution in [0.4, 0.5) is 13.2 Å². The van der Waals surface area contributed by atoms with E-state index in [1.807, 2.05) is 0 Å². The molecule has 0 aliphatic rings. The monoisotopic (exact) mass is 298 g/mol. The van der Waals surface area contributed by atoms with Gasteiger partial charge in [0.05, 0.1) is 0 Å². The average molecular weight is 298 g/mol. The minimum Gasteiger partial charge on any atom is -0.283 e. The summed E-state index contributed by atoms with van der Waals surface area (Å²) in [6.45, 7) is 3.39. The Labute approximate surface area is 108 Å². The third kappa shape index (κ3) is 3.79. The van der Waals surface area contributed by atoms with Gasteiger partial charge in [0.1, 0.15) is 0 Å². The van der Waals surface area contributed by atoms with E-state index >= 15 is 0 Å². The van der Waals surface area contributed by atoms with Gasteiger partial charge in [0.15, 0.2) is 5.69 Å². The standard InChI is InChI=1S/C10H13F3N2O3S/c1-6(2)5-15-8(16)4-7(10(11,12)13)14-9(15)19(3,17)18/h4,6H,5H2,1-3H3. The molecule has 108 valence electrons. The predicted octanol–water partition coefficient (Wildman–Crippen LogP) is 1.32. The van der Waals surface area contributed by atoms with E-state index < -0.39 is 32.4 Å². The molecule has 0 amide bonds. The molecule has 0 aromatic carbocycles. The third-order valence-corrected chi connectivity index (χ3v) is 3.12. The van der Waals surface area contributed by atoms with Crippen LogP contribution in [0, 0.1) is 5.92 Å². The summed E-state index contributed by atoms with van der Waals surface area (Å²) in [5, 5.41) is -0.860. The van der Waals surface area contributed by atoms with Gasteiger partial charge in [-0.2, -0.15) is 13.2 Å². The quantitative estimate of drug-likeness (QED) is 0.789. The van der Waals surface area contributed by atoms with Gasteiger partial charge in [0.25, 0.3) is 5.56 Å². The van der Waals surface area contributed by atoms with Crippen molar-refractivity contribution < 1.29 is 21.6 Å². The molecule has 0 aliphatic heterocycles. The van der Waals surface area contributed by atoms with E-state index in [1.54, 1.807) is 13.8 Å². The topological polar surface area (TPSA) is 69.0 Å². The fraction of sp³-hybridized carbons (Fsp3) is 0.600. The van der Waals surface area contributed by atoms with Gasteiger partial charge in [-0.1, -0.05) is 13.8 Å². The van der Waals surface area contributed by atoms with Crippen molar-refractivity contribution >= 4 is 9.84 Å². The SMILES string of the molecule is CC(C)Cn1c(S(C)(=O)=O)nc(C(F)(F)F)cc1=O. The molecular weight excluding hydrogens is 285 g/mol. The van der Waals surface area contributed by atoms with Gasteiger partial charge in [-0.15, -0.1) is 0 Å². The Kier molecular flexibility index (Phi) is 4.08. The Bertz CT molecular complexity index is 632. The van der Waals surface area contributed by atoms with Crippen molar-refractivity contribution in [1.29, 1.82) is 0 Å². The van der Waals surface area contributed by atoms with E-state index in [0.29, 0.717) is 12.3 Å². The lowest BCUT2D eigenvalue weighted by molar-refractivity contribution is -0.141. The normalized spacial score (nSPS) is 13.0. The van der Waals surface area contributed by atoms with Crippen LogP contribution in [0.3, 0.4) is 0 Å². The molecule has 0 spiro atoms. The molecule has 0 atom stereocenters. The minimum absolute atomic E-state index is 0.0215. The molecule has 0 fully saturated rings. The number of hydrogen-bond acceptors (Lipinski definition) is 4. The number of hydrogen-bond donors (Lipinski definition) is 0. The van der Waals surface area contributed by atoms with Crippen molar-refractivity contribution in [2.75, 3.05) is 6.26 Å². The maximum Gasteiger partial charge on any atom is 0.433 e. The van der Waals surface area contributed by atoms with Crippen molar-refractivity contribution in [3.63, 3.8) is 0 Å². The summed E-state index contributed by atoms with van der Waals surface area (Å²) in [7, 11) is -4.03. The first-order valence-corrected chi connectivity index (χ1v) is 7.21. The van der Waals surface area contributed by atoms with Gasteiger partial charge in [0.2, 0.25) is 15.0 Å². The van der Waals surface area contributed by atoms with Gasteiger partial charge in [0, 0.05) is 18.9 Å². The van der Waals surface area contributed by atoms with Crippen molar-refractivity contribution in [3.05, 3.63) is 22.1 Å². The van der Waals surface area contributed by atoms with Crippen LogP contribution >= 0.6 is 0 Å². The fourth-order valence-corrected chi connectivity index (χ4v) is 2.28. The van der Waals surface area contributed by atoms with Crippen LogP contribution in [0.25, 0.3) is 0 Å². The summed E-state index contributed by atoms with van der Waals surface area (Å²) >= 11 is 0. The second-order valence-corrected chi connectivity index (χ2v) is 6.45. The molecule has 0 saturated carbocycles. The largest absolute Gasteiger partial charge is 0.433 e. The predicted molar refractivity (Wildman–Crippen MR) is 61.4 cm³/mol. The second-order valence-electron chi connectivity index (χ2n) is 4.54. The van der Waals surface area contributed by atoms with E-state index in [4.69, 9.17) is 0 Å². The molecular formula is C10H13F3N2O3S. The first-order chi connectivity index (χ1) is 8.43. The highest BCUT2D eigenvalue weighted by Crippen LogP contribution is 2.27. The first kappa shape index (κ1) is 15.7. The van der Waals surface area contributed by atoms with Crippen molar-refractivity contribution in [3.8, 4) is 0 Å². The van der Waals surface area contributed by atoms with Crippen LogP contribution in [-0.2, 0) is 22.6 Å². The molecule has 0 aliphatic carbocycles. The first-order valence-electron chi connectivity index (χ1n) is 5.32. The Morgan fingerprint density at radius 1 is 1.37 bits per heavy atom. The van der Waals surface area contributed by atoms with E-state index in [2.05, 4.69) is 4.98 Å². The molecule has 0 saturated heterocycles. The molecule has 19 heavy (non-hydrogen) atoms. The van der Waals surface area contributed by atoms with Crippen LogP contribution < -0.4 is 5.56 Å². The smallest absolute Gasteiger partial charge is 0.283 e. The summed E-state index contributed by atoms with van der Waals surface area (Å²) in [6, 6.07) is 0.303. The second kappa shape index (κ2) is 4.95. The molecule has 9 heteroatoms. The zero-order chi connectivity index (χ0) is 15.0. The van der Waals surface area contributed by atoms with Crippen LogP contribution in [0.1, 0.15) is 19.5 Å². The molecule has 5 nitrogen and oxygen atoms in total. The van der Waals surface area contributed by atoms with E-state index in [9.17, 15) is 26.4 Å². The fourth-order valence-electron chi connectivity index (χ4n) is 1.45. The molecule has 0 N–H and O–H groups in total. The van der Waals surface area contributed by atoms with Gasteiger partial charge in [-0.25, -0.2) is 13.4 Å². The number of sulfone groups is 1. The number of rotatable bonds is 3. The molecule has 0 unspecified atom stereocenters.